The molecule has 138 valence electrons. The normalized spacial score (nSPS) is 15.2. The van der Waals surface area contributed by atoms with E-state index in [0.29, 0.717) is 11.6 Å². The molecule has 0 radical (unpaired) electrons. The lowest BCUT2D eigenvalue weighted by atomic mass is 9.94. The van der Waals surface area contributed by atoms with Crippen LogP contribution in [-0.4, -0.2) is 28.5 Å². The third-order valence-electron chi connectivity index (χ3n) is 5.25. The summed E-state index contributed by atoms with van der Waals surface area (Å²) in [7, 11) is 3.83. The van der Waals surface area contributed by atoms with Gasteiger partial charge in [0.05, 0.1) is 0 Å². The lowest BCUT2D eigenvalue weighted by Gasteiger charge is -2.31. The van der Waals surface area contributed by atoms with Crippen molar-refractivity contribution in [3.05, 3.63) is 64.1 Å². The highest BCUT2D eigenvalue weighted by Crippen LogP contribution is 2.25. The summed E-state index contributed by atoms with van der Waals surface area (Å²) < 4.78 is 1.45. The summed E-state index contributed by atoms with van der Waals surface area (Å²) in [5.74, 6) is -0.254. The van der Waals surface area contributed by atoms with Gasteiger partial charge in [-0.15, -0.1) is 0 Å². The van der Waals surface area contributed by atoms with Crippen LogP contribution in [0.25, 0.3) is 0 Å². The summed E-state index contributed by atoms with van der Waals surface area (Å²) in [4.78, 5) is 26.7. The molecular weight excluding hydrogens is 326 g/mol. The number of pyridine rings is 1. The van der Waals surface area contributed by atoms with Gasteiger partial charge in [-0.05, 0) is 37.6 Å². The van der Waals surface area contributed by atoms with Gasteiger partial charge in [-0.3, -0.25) is 14.5 Å². The summed E-state index contributed by atoms with van der Waals surface area (Å²) >= 11 is 0. The molecule has 1 amide bonds. The minimum absolute atomic E-state index is 0.192. The molecule has 5 heteroatoms. The van der Waals surface area contributed by atoms with E-state index < -0.39 is 0 Å². The predicted octanol–water partition coefficient (Wildman–Crippen LogP) is 3.40. The highest BCUT2D eigenvalue weighted by molar-refractivity contribution is 6.04. The number of nitrogens with one attached hydrogen (secondary N) is 1. The fraction of sp³-hybridized carbons (Fsp3) is 0.429. The number of hydrogen-bond donors (Lipinski definition) is 1. The second-order valence-corrected chi connectivity index (χ2v) is 7.18. The van der Waals surface area contributed by atoms with Crippen LogP contribution in [0.3, 0.4) is 0 Å². The SMILES string of the molecule is CN(Cc1ccccc1NC(=O)c1ccn(C)c(=O)c1)C1CCCCC1. The lowest BCUT2D eigenvalue weighted by molar-refractivity contribution is 0.102. The molecule has 1 heterocycles. The number of carbonyl (C=O) groups excluding carboxylic acids is 1. The van der Waals surface area contributed by atoms with E-state index >= 15 is 0 Å². The molecule has 1 aromatic carbocycles. The van der Waals surface area contributed by atoms with Crippen molar-refractivity contribution in [2.24, 2.45) is 7.05 Å². The molecule has 1 aliphatic carbocycles. The highest BCUT2D eigenvalue weighted by atomic mass is 16.2. The van der Waals surface area contributed by atoms with Crippen molar-refractivity contribution in [1.82, 2.24) is 9.47 Å². The van der Waals surface area contributed by atoms with Crippen LogP contribution in [0.5, 0.6) is 0 Å². The van der Waals surface area contributed by atoms with E-state index in [1.54, 1.807) is 19.3 Å². The maximum absolute atomic E-state index is 12.5. The van der Waals surface area contributed by atoms with E-state index in [2.05, 4.69) is 23.3 Å². The number of para-hydroxylation sites is 1. The summed E-state index contributed by atoms with van der Waals surface area (Å²) in [5.41, 5.74) is 2.09. The average Bonchev–Trinajstić information content (AvgIpc) is 2.66. The molecule has 0 saturated heterocycles. The van der Waals surface area contributed by atoms with Crippen molar-refractivity contribution < 1.29 is 4.79 Å². The second-order valence-electron chi connectivity index (χ2n) is 7.18. The highest BCUT2D eigenvalue weighted by Gasteiger charge is 2.19. The van der Waals surface area contributed by atoms with Gasteiger partial charge in [-0.2, -0.15) is 0 Å². The van der Waals surface area contributed by atoms with Crippen LogP contribution >= 0.6 is 0 Å². The van der Waals surface area contributed by atoms with E-state index in [-0.39, 0.29) is 11.5 Å². The Kier molecular flexibility index (Phi) is 5.89. The summed E-state index contributed by atoms with van der Waals surface area (Å²) in [6.45, 7) is 0.803. The Morgan fingerprint density at radius 2 is 1.92 bits per heavy atom. The van der Waals surface area contributed by atoms with Crippen molar-refractivity contribution in [1.29, 1.82) is 0 Å². The first-order valence-electron chi connectivity index (χ1n) is 9.31. The van der Waals surface area contributed by atoms with Gasteiger partial charge in [0, 0.05) is 43.1 Å². The minimum atomic E-state index is -0.254. The quantitative estimate of drug-likeness (QED) is 0.896. The first-order chi connectivity index (χ1) is 12.5. The van der Waals surface area contributed by atoms with Gasteiger partial charge < -0.3 is 9.88 Å². The Labute approximate surface area is 154 Å². The number of aromatic nitrogens is 1. The molecule has 0 bridgehead atoms. The van der Waals surface area contributed by atoms with Gasteiger partial charge in [-0.25, -0.2) is 0 Å². The van der Waals surface area contributed by atoms with Crippen molar-refractivity contribution in [2.45, 2.75) is 44.7 Å². The predicted molar refractivity (Wildman–Crippen MR) is 104 cm³/mol. The van der Waals surface area contributed by atoms with E-state index in [1.807, 2.05) is 18.2 Å². The summed E-state index contributed by atoms with van der Waals surface area (Å²) in [6, 6.07) is 11.5. The van der Waals surface area contributed by atoms with E-state index in [1.165, 1.54) is 42.7 Å². The molecule has 1 aliphatic rings. The molecule has 1 fully saturated rings. The standard InChI is InChI=1S/C21H27N3O2/c1-23-13-12-16(14-20(23)25)21(26)22-19-11-7-6-8-17(19)15-24(2)18-9-4-3-5-10-18/h6-8,11-14,18H,3-5,9-10,15H2,1-2H3,(H,22,26). The molecule has 26 heavy (non-hydrogen) atoms. The molecule has 0 atom stereocenters. The van der Waals surface area contributed by atoms with E-state index in [4.69, 9.17) is 0 Å². The van der Waals surface area contributed by atoms with Crippen LogP contribution in [-0.2, 0) is 13.6 Å². The Morgan fingerprint density at radius 1 is 1.19 bits per heavy atom. The largest absolute Gasteiger partial charge is 0.322 e. The fourth-order valence-corrected chi connectivity index (χ4v) is 3.58. The number of rotatable bonds is 5. The van der Waals surface area contributed by atoms with Crippen LogP contribution in [0.15, 0.2) is 47.4 Å². The van der Waals surface area contributed by atoms with Gasteiger partial charge in [0.15, 0.2) is 0 Å². The topological polar surface area (TPSA) is 54.3 Å². The average molecular weight is 353 g/mol. The lowest BCUT2D eigenvalue weighted by Crippen LogP contribution is -2.33. The van der Waals surface area contributed by atoms with Gasteiger partial charge in [0.25, 0.3) is 11.5 Å². The number of hydrogen-bond acceptors (Lipinski definition) is 3. The molecule has 1 saturated carbocycles. The number of amides is 1. The summed E-state index contributed by atoms with van der Waals surface area (Å²) in [5, 5.41) is 2.97. The Hall–Kier alpha value is -2.40. The van der Waals surface area contributed by atoms with E-state index in [9.17, 15) is 9.59 Å². The third kappa shape index (κ3) is 4.41. The smallest absolute Gasteiger partial charge is 0.255 e. The molecule has 2 aromatic rings. The Morgan fingerprint density at radius 3 is 2.65 bits per heavy atom. The zero-order valence-corrected chi connectivity index (χ0v) is 15.6. The molecule has 1 aromatic heterocycles. The first kappa shape index (κ1) is 18.4. The third-order valence-corrected chi connectivity index (χ3v) is 5.25. The van der Waals surface area contributed by atoms with Gasteiger partial charge in [-0.1, -0.05) is 37.5 Å². The molecule has 0 spiro atoms. The number of aryl methyl sites for hydroxylation is 1. The zero-order chi connectivity index (χ0) is 18.5. The minimum Gasteiger partial charge on any atom is -0.322 e. The van der Waals surface area contributed by atoms with Crippen molar-refractivity contribution in [3.63, 3.8) is 0 Å². The van der Waals surface area contributed by atoms with Gasteiger partial charge in [0.1, 0.15) is 0 Å². The Balaban J connectivity index is 1.73. The number of benzene rings is 1. The maximum Gasteiger partial charge on any atom is 0.255 e. The molecule has 3 rings (SSSR count). The monoisotopic (exact) mass is 353 g/mol. The fourth-order valence-electron chi connectivity index (χ4n) is 3.58. The van der Waals surface area contributed by atoms with Crippen molar-refractivity contribution in [3.8, 4) is 0 Å². The van der Waals surface area contributed by atoms with Crippen LogP contribution in [0.2, 0.25) is 0 Å². The van der Waals surface area contributed by atoms with Gasteiger partial charge >= 0.3 is 0 Å². The molecule has 1 N–H and O–H groups in total. The number of carbonyl (C=O) groups is 1. The second kappa shape index (κ2) is 8.32. The van der Waals surface area contributed by atoms with Crippen LogP contribution < -0.4 is 10.9 Å². The number of nitrogens with zero attached hydrogens (tertiary/aromatic N) is 2. The van der Waals surface area contributed by atoms with Crippen LogP contribution in [0.1, 0.15) is 48.0 Å². The summed E-state index contributed by atoms with van der Waals surface area (Å²) in [6.07, 6.45) is 8.05. The van der Waals surface area contributed by atoms with Crippen LogP contribution in [0, 0.1) is 0 Å². The van der Waals surface area contributed by atoms with Gasteiger partial charge in [0.2, 0.25) is 0 Å². The Bertz CT molecular complexity index is 822. The van der Waals surface area contributed by atoms with Crippen molar-refractivity contribution in [2.75, 3.05) is 12.4 Å². The molecule has 0 unspecified atom stereocenters. The maximum atomic E-state index is 12.5. The first-order valence-corrected chi connectivity index (χ1v) is 9.31. The number of anilines is 1. The zero-order valence-electron chi connectivity index (χ0n) is 15.6. The molecule has 0 aliphatic heterocycles. The van der Waals surface area contributed by atoms with E-state index in [0.717, 1.165) is 17.8 Å². The molecular formula is C21H27N3O2. The van der Waals surface area contributed by atoms with Crippen LogP contribution in [0.4, 0.5) is 5.69 Å². The van der Waals surface area contributed by atoms with Crippen molar-refractivity contribution >= 4 is 11.6 Å². The molecule has 5 nitrogen and oxygen atoms in total.